The SMILES string of the molecule is CCCCCCCCCCCCCCCCC=Cn1ccc(=O)c(OCc2ccc(O)cc2)c1C=O. The number of phenolic OH excluding ortho intramolecular Hbond substituents is 1. The first-order valence-corrected chi connectivity index (χ1v) is 13.9. The van der Waals surface area contributed by atoms with Crippen molar-refractivity contribution in [1.82, 2.24) is 4.57 Å². The van der Waals surface area contributed by atoms with Gasteiger partial charge in [0.2, 0.25) is 5.43 Å². The molecule has 1 heterocycles. The standard InChI is InChI=1S/C31H45NO4/c1-2-3-4-5-6-7-8-9-10-11-12-13-14-15-16-17-23-32-24-22-30(35)31(29(32)25-33)36-26-27-18-20-28(34)21-19-27/h17-25,34H,2-16,26H2,1H3. The smallest absolute Gasteiger partial charge is 0.224 e. The fraction of sp³-hybridized carbons (Fsp3) is 0.548. The van der Waals surface area contributed by atoms with Crippen molar-refractivity contribution in [3.05, 3.63) is 64.1 Å². The molecule has 1 aromatic carbocycles. The number of unbranched alkanes of at least 4 members (excludes halogenated alkanes) is 14. The maximum atomic E-state index is 12.3. The number of phenols is 1. The van der Waals surface area contributed by atoms with Crippen molar-refractivity contribution < 1.29 is 14.6 Å². The predicted molar refractivity (Wildman–Crippen MR) is 149 cm³/mol. The Labute approximate surface area is 217 Å². The number of carbonyl (C=O) groups excluding carboxylic acids is 1. The number of hydrogen-bond acceptors (Lipinski definition) is 4. The fourth-order valence-corrected chi connectivity index (χ4v) is 4.33. The highest BCUT2D eigenvalue weighted by Gasteiger charge is 2.11. The van der Waals surface area contributed by atoms with Crippen LogP contribution in [0.15, 0.2) is 47.4 Å². The van der Waals surface area contributed by atoms with E-state index >= 15 is 0 Å². The van der Waals surface area contributed by atoms with E-state index in [9.17, 15) is 14.7 Å². The number of carbonyl (C=O) groups is 1. The van der Waals surface area contributed by atoms with Crippen LogP contribution in [0, 0.1) is 0 Å². The Bertz CT molecular complexity index is 946. The molecule has 5 nitrogen and oxygen atoms in total. The molecule has 0 aliphatic carbocycles. The Morgan fingerprint density at radius 3 is 1.92 bits per heavy atom. The summed E-state index contributed by atoms with van der Waals surface area (Å²) in [6.45, 7) is 2.41. The van der Waals surface area contributed by atoms with Crippen LogP contribution in [0.1, 0.15) is 119 Å². The summed E-state index contributed by atoms with van der Waals surface area (Å²) in [5, 5.41) is 9.39. The normalized spacial score (nSPS) is 11.2. The van der Waals surface area contributed by atoms with Gasteiger partial charge in [-0.05, 0) is 30.5 Å². The van der Waals surface area contributed by atoms with Crippen LogP contribution in [0.5, 0.6) is 11.5 Å². The lowest BCUT2D eigenvalue weighted by molar-refractivity contribution is 0.111. The quantitative estimate of drug-likeness (QED) is 0.148. The molecule has 36 heavy (non-hydrogen) atoms. The molecule has 0 aliphatic rings. The van der Waals surface area contributed by atoms with E-state index in [-0.39, 0.29) is 29.2 Å². The number of nitrogens with zero attached hydrogens (tertiary/aromatic N) is 1. The largest absolute Gasteiger partial charge is 0.508 e. The number of ether oxygens (including phenoxy) is 1. The number of pyridine rings is 1. The Kier molecular flexibility index (Phi) is 15.1. The summed E-state index contributed by atoms with van der Waals surface area (Å²) in [5.41, 5.74) is 0.679. The third kappa shape index (κ3) is 11.7. The molecule has 0 atom stereocenters. The summed E-state index contributed by atoms with van der Waals surface area (Å²) in [4.78, 5) is 24.0. The van der Waals surface area contributed by atoms with Gasteiger partial charge in [0.1, 0.15) is 18.1 Å². The molecule has 2 aromatic rings. The molecular weight excluding hydrogens is 450 g/mol. The second-order valence-electron chi connectivity index (χ2n) is 9.64. The summed E-state index contributed by atoms with van der Waals surface area (Å²) >= 11 is 0. The predicted octanol–water partition coefficient (Wildman–Crippen LogP) is 8.29. The molecule has 2 rings (SSSR count). The first kappa shape index (κ1) is 29.4. The molecule has 5 heteroatoms. The third-order valence-electron chi connectivity index (χ3n) is 6.54. The molecule has 0 spiro atoms. The van der Waals surface area contributed by atoms with Crippen LogP contribution in [0.2, 0.25) is 0 Å². The van der Waals surface area contributed by atoms with Crippen LogP contribution in [0.3, 0.4) is 0 Å². The molecule has 198 valence electrons. The van der Waals surface area contributed by atoms with Crippen molar-refractivity contribution in [2.75, 3.05) is 0 Å². The van der Waals surface area contributed by atoms with Gasteiger partial charge in [0.25, 0.3) is 0 Å². The van der Waals surface area contributed by atoms with Crippen molar-refractivity contribution in [1.29, 1.82) is 0 Å². The van der Waals surface area contributed by atoms with Crippen molar-refractivity contribution in [2.45, 2.75) is 110 Å². The van der Waals surface area contributed by atoms with E-state index in [2.05, 4.69) is 6.92 Å². The summed E-state index contributed by atoms with van der Waals surface area (Å²) in [6.07, 6.45) is 25.8. The van der Waals surface area contributed by atoms with Crippen LogP contribution < -0.4 is 10.2 Å². The van der Waals surface area contributed by atoms with E-state index < -0.39 is 0 Å². The lowest BCUT2D eigenvalue weighted by Crippen LogP contribution is -2.14. The average Bonchev–Trinajstić information content (AvgIpc) is 2.89. The van der Waals surface area contributed by atoms with Gasteiger partial charge in [0, 0.05) is 18.5 Å². The number of rotatable bonds is 20. The van der Waals surface area contributed by atoms with Gasteiger partial charge in [0.15, 0.2) is 12.0 Å². The van der Waals surface area contributed by atoms with Crippen LogP contribution in [0.4, 0.5) is 0 Å². The number of allylic oxidation sites excluding steroid dienone is 1. The highest BCUT2D eigenvalue weighted by Crippen LogP contribution is 2.17. The summed E-state index contributed by atoms with van der Waals surface area (Å²) in [5.74, 6) is 0.208. The average molecular weight is 496 g/mol. The summed E-state index contributed by atoms with van der Waals surface area (Å²) < 4.78 is 7.32. The summed E-state index contributed by atoms with van der Waals surface area (Å²) in [6, 6.07) is 7.96. The maximum Gasteiger partial charge on any atom is 0.224 e. The molecule has 0 bridgehead atoms. The summed E-state index contributed by atoms with van der Waals surface area (Å²) in [7, 11) is 0. The third-order valence-corrected chi connectivity index (χ3v) is 6.54. The zero-order chi connectivity index (χ0) is 25.8. The highest BCUT2D eigenvalue weighted by atomic mass is 16.5. The van der Waals surface area contributed by atoms with Crippen molar-refractivity contribution in [2.24, 2.45) is 0 Å². The number of aromatic hydroxyl groups is 1. The van der Waals surface area contributed by atoms with Crippen molar-refractivity contribution in [3.8, 4) is 11.5 Å². The van der Waals surface area contributed by atoms with Crippen LogP contribution >= 0.6 is 0 Å². The van der Waals surface area contributed by atoms with E-state index in [1.54, 1.807) is 35.0 Å². The lowest BCUT2D eigenvalue weighted by Gasteiger charge is -2.11. The van der Waals surface area contributed by atoms with E-state index in [1.807, 2.05) is 12.3 Å². The molecule has 0 saturated heterocycles. The Hall–Kier alpha value is -2.82. The molecule has 1 N–H and O–H groups in total. The Balaban J connectivity index is 1.63. The highest BCUT2D eigenvalue weighted by molar-refractivity contribution is 5.77. The number of benzene rings is 1. The van der Waals surface area contributed by atoms with Gasteiger partial charge in [-0.25, -0.2) is 0 Å². The molecule has 0 unspecified atom stereocenters. The van der Waals surface area contributed by atoms with Gasteiger partial charge in [-0.2, -0.15) is 0 Å². The van der Waals surface area contributed by atoms with Crippen LogP contribution in [-0.2, 0) is 6.61 Å². The Morgan fingerprint density at radius 2 is 1.36 bits per heavy atom. The number of aromatic nitrogens is 1. The first-order valence-electron chi connectivity index (χ1n) is 13.9. The minimum absolute atomic E-state index is 0.0433. The monoisotopic (exact) mass is 495 g/mol. The lowest BCUT2D eigenvalue weighted by atomic mass is 10.0. The Morgan fingerprint density at radius 1 is 0.806 bits per heavy atom. The van der Waals surface area contributed by atoms with E-state index in [1.165, 1.54) is 89.5 Å². The minimum atomic E-state index is -0.326. The zero-order valence-corrected chi connectivity index (χ0v) is 22.1. The second-order valence-corrected chi connectivity index (χ2v) is 9.64. The molecule has 1 aromatic heterocycles. The minimum Gasteiger partial charge on any atom is -0.508 e. The molecule has 0 radical (unpaired) electrons. The van der Waals surface area contributed by atoms with E-state index in [0.29, 0.717) is 6.29 Å². The molecule has 0 amide bonds. The fourth-order valence-electron chi connectivity index (χ4n) is 4.33. The molecule has 0 saturated carbocycles. The van der Waals surface area contributed by atoms with Crippen LogP contribution in [-0.4, -0.2) is 16.0 Å². The second kappa shape index (κ2) is 18.4. The van der Waals surface area contributed by atoms with Gasteiger partial charge >= 0.3 is 0 Å². The molecule has 0 fully saturated rings. The number of aldehydes is 1. The van der Waals surface area contributed by atoms with Gasteiger partial charge < -0.3 is 14.4 Å². The zero-order valence-electron chi connectivity index (χ0n) is 22.1. The van der Waals surface area contributed by atoms with E-state index in [4.69, 9.17) is 4.74 Å². The molecular formula is C31H45NO4. The molecule has 0 aliphatic heterocycles. The topological polar surface area (TPSA) is 68.5 Å². The maximum absolute atomic E-state index is 12.3. The van der Waals surface area contributed by atoms with Crippen molar-refractivity contribution in [3.63, 3.8) is 0 Å². The first-order chi connectivity index (χ1) is 17.7. The van der Waals surface area contributed by atoms with Gasteiger partial charge in [0.05, 0.1) is 0 Å². The van der Waals surface area contributed by atoms with E-state index in [0.717, 1.165) is 18.4 Å². The van der Waals surface area contributed by atoms with Gasteiger partial charge in [-0.3, -0.25) is 9.59 Å². The number of hydrogen-bond donors (Lipinski definition) is 1. The van der Waals surface area contributed by atoms with Gasteiger partial charge in [-0.15, -0.1) is 0 Å². The van der Waals surface area contributed by atoms with Gasteiger partial charge in [-0.1, -0.05) is 109 Å². The van der Waals surface area contributed by atoms with Crippen LogP contribution in [0.25, 0.3) is 6.20 Å². The van der Waals surface area contributed by atoms with Crippen molar-refractivity contribution >= 4 is 12.5 Å².